The molecule has 18 heavy (non-hydrogen) atoms. The van der Waals surface area contributed by atoms with Crippen molar-refractivity contribution in [2.45, 2.75) is 12.3 Å². The quantitative estimate of drug-likeness (QED) is 0.845. The summed E-state index contributed by atoms with van der Waals surface area (Å²) in [7, 11) is 0. The van der Waals surface area contributed by atoms with Gasteiger partial charge in [0.25, 0.3) is 0 Å². The van der Waals surface area contributed by atoms with E-state index in [4.69, 9.17) is 5.11 Å². The Labute approximate surface area is 106 Å². The Morgan fingerprint density at radius 2 is 2.06 bits per heavy atom. The van der Waals surface area contributed by atoms with Crippen LogP contribution in [0.3, 0.4) is 0 Å². The lowest BCUT2D eigenvalue weighted by Crippen LogP contribution is -2.40. The van der Waals surface area contributed by atoms with Crippen molar-refractivity contribution in [1.82, 2.24) is 14.9 Å². The van der Waals surface area contributed by atoms with Crippen LogP contribution in [0.2, 0.25) is 0 Å². The second kappa shape index (κ2) is 4.92. The van der Waals surface area contributed by atoms with Crippen molar-refractivity contribution in [3.63, 3.8) is 0 Å². The van der Waals surface area contributed by atoms with Gasteiger partial charge in [0.15, 0.2) is 0 Å². The van der Waals surface area contributed by atoms with Gasteiger partial charge in [-0.15, -0.1) is 0 Å². The van der Waals surface area contributed by atoms with Gasteiger partial charge in [0.1, 0.15) is 0 Å². The van der Waals surface area contributed by atoms with Crippen LogP contribution in [0.5, 0.6) is 0 Å². The van der Waals surface area contributed by atoms with E-state index >= 15 is 0 Å². The third-order valence-electron chi connectivity index (χ3n) is 3.48. The van der Waals surface area contributed by atoms with Crippen molar-refractivity contribution < 1.29 is 5.11 Å². The summed E-state index contributed by atoms with van der Waals surface area (Å²) in [5, 5.41) is 12.2. The number of nitrogens with one attached hydrogen (secondary N) is 1. The molecule has 1 aromatic carbocycles. The van der Waals surface area contributed by atoms with Crippen LogP contribution in [-0.2, 0) is 6.42 Å². The number of aliphatic hydroxyl groups is 1. The number of hydrogen-bond donors (Lipinski definition) is 2. The molecule has 0 spiro atoms. The van der Waals surface area contributed by atoms with Gasteiger partial charge >= 0.3 is 0 Å². The zero-order chi connectivity index (χ0) is 12.4. The zero-order valence-electron chi connectivity index (χ0n) is 10.2. The lowest BCUT2D eigenvalue weighted by atomic mass is 9.99. The summed E-state index contributed by atoms with van der Waals surface area (Å²) in [4.78, 5) is 4.26. The SMILES string of the molecule is OCCc1ccc(-n2cncc2C2CNC2)cc1. The fourth-order valence-corrected chi connectivity index (χ4v) is 2.27. The second-order valence-electron chi connectivity index (χ2n) is 4.68. The smallest absolute Gasteiger partial charge is 0.0994 e. The highest BCUT2D eigenvalue weighted by Crippen LogP contribution is 2.22. The maximum absolute atomic E-state index is 8.91. The first-order valence-corrected chi connectivity index (χ1v) is 6.31. The van der Waals surface area contributed by atoms with Crippen LogP contribution in [0.25, 0.3) is 5.69 Å². The lowest BCUT2D eigenvalue weighted by molar-refractivity contribution is 0.299. The van der Waals surface area contributed by atoms with Gasteiger partial charge < -0.3 is 15.0 Å². The standard InChI is InChI=1S/C14H17N3O/c18-6-5-11-1-3-13(4-2-11)17-10-16-9-14(17)12-7-15-8-12/h1-4,9-10,12,15,18H,5-8H2. The average molecular weight is 243 g/mol. The molecule has 1 fully saturated rings. The molecule has 1 saturated heterocycles. The highest BCUT2D eigenvalue weighted by atomic mass is 16.2. The molecule has 4 nitrogen and oxygen atoms in total. The summed E-state index contributed by atoms with van der Waals surface area (Å²) in [5.41, 5.74) is 3.56. The normalized spacial score (nSPS) is 15.6. The van der Waals surface area contributed by atoms with Crippen molar-refractivity contribution >= 4 is 0 Å². The monoisotopic (exact) mass is 243 g/mol. The molecule has 0 bridgehead atoms. The zero-order valence-corrected chi connectivity index (χ0v) is 10.2. The number of benzene rings is 1. The minimum atomic E-state index is 0.198. The number of imidazole rings is 1. The number of aliphatic hydroxyl groups excluding tert-OH is 1. The number of nitrogens with zero attached hydrogens (tertiary/aromatic N) is 2. The van der Waals surface area contributed by atoms with E-state index in [0.717, 1.165) is 24.3 Å². The van der Waals surface area contributed by atoms with Crippen LogP contribution < -0.4 is 5.32 Å². The fourth-order valence-electron chi connectivity index (χ4n) is 2.27. The first-order chi connectivity index (χ1) is 8.88. The summed E-state index contributed by atoms with van der Waals surface area (Å²) in [5.74, 6) is 0.574. The molecule has 0 atom stereocenters. The maximum Gasteiger partial charge on any atom is 0.0994 e. The molecule has 94 valence electrons. The van der Waals surface area contributed by atoms with Gasteiger partial charge in [-0.2, -0.15) is 0 Å². The first-order valence-electron chi connectivity index (χ1n) is 6.31. The molecule has 2 N–H and O–H groups in total. The van der Waals surface area contributed by atoms with Gasteiger partial charge in [-0.1, -0.05) is 12.1 Å². The van der Waals surface area contributed by atoms with Crippen molar-refractivity contribution in [2.75, 3.05) is 19.7 Å². The molecular weight excluding hydrogens is 226 g/mol. The molecule has 0 unspecified atom stereocenters. The molecule has 2 heterocycles. The van der Waals surface area contributed by atoms with Crippen LogP contribution in [0.1, 0.15) is 17.2 Å². The fraction of sp³-hybridized carbons (Fsp3) is 0.357. The minimum Gasteiger partial charge on any atom is -0.396 e. The number of rotatable bonds is 4. The van der Waals surface area contributed by atoms with Crippen LogP contribution in [-0.4, -0.2) is 34.4 Å². The largest absolute Gasteiger partial charge is 0.396 e. The van der Waals surface area contributed by atoms with Crippen molar-refractivity contribution in [3.05, 3.63) is 48.0 Å². The topological polar surface area (TPSA) is 50.1 Å². The van der Waals surface area contributed by atoms with E-state index in [1.807, 2.05) is 12.5 Å². The molecule has 1 aliphatic rings. The molecule has 3 rings (SSSR count). The van der Waals surface area contributed by atoms with Crippen LogP contribution in [0, 0.1) is 0 Å². The van der Waals surface area contributed by atoms with Crippen molar-refractivity contribution in [3.8, 4) is 5.69 Å². The Kier molecular flexibility index (Phi) is 3.13. The Hall–Kier alpha value is -1.65. The Morgan fingerprint density at radius 1 is 1.28 bits per heavy atom. The van der Waals surface area contributed by atoms with E-state index in [-0.39, 0.29) is 6.61 Å². The Bertz CT molecular complexity index is 514. The Balaban J connectivity index is 1.87. The third kappa shape index (κ3) is 2.05. The molecule has 1 aromatic heterocycles. The molecule has 4 heteroatoms. The maximum atomic E-state index is 8.91. The molecular formula is C14H17N3O. The summed E-state index contributed by atoms with van der Waals surface area (Å²) < 4.78 is 2.15. The summed E-state index contributed by atoms with van der Waals surface area (Å²) >= 11 is 0. The predicted octanol–water partition coefficient (Wildman–Crippen LogP) is 1.09. The second-order valence-corrected chi connectivity index (χ2v) is 4.68. The third-order valence-corrected chi connectivity index (χ3v) is 3.48. The summed E-state index contributed by atoms with van der Waals surface area (Å²) in [6.07, 6.45) is 4.53. The van der Waals surface area contributed by atoms with Gasteiger partial charge in [-0.25, -0.2) is 4.98 Å². The summed E-state index contributed by atoms with van der Waals surface area (Å²) in [6, 6.07) is 8.30. The average Bonchev–Trinajstić information content (AvgIpc) is 2.77. The van der Waals surface area contributed by atoms with E-state index in [0.29, 0.717) is 12.3 Å². The Morgan fingerprint density at radius 3 is 2.67 bits per heavy atom. The lowest BCUT2D eigenvalue weighted by Gasteiger charge is -2.27. The van der Waals surface area contributed by atoms with Gasteiger partial charge in [-0.05, 0) is 24.1 Å². The van der Waals surface area contributed by atoms with Crippen molar-refractivity contribution in [1.29, 1.82) is 0 Å². The van der Waals surface area contributed by atoms with Gasteiger partial charge in [0, 0.05) is 43.2 Å². The van der Waals surface area contributed by atoms with E-state index in [2.05, 4.69) is 39.1 Å². The number of aromatic nitrogens is 2. The molecule has 0 radical (unpaired) electrons. The molecule has 0 aliphatic carbocycles. The van der Waals surface area contributed by atoms with Gasteiger partial charge in [0.05, 0.1) is 6.33 Å². The van der Waals surface area contributed by atoms with E-state index < -0.39 is 0 Å². The van der Waals surface area contributed by atoms with Crippen molar-refractivity contribution in [2.24, 2.45) is 0 Å². The highest BCUT2D eigenvalue weighted by molar-refractivity contribution is 5.37. The summed E-state index contributed by atoms with van der Waals surface area (Å²) in [6.45, 7) is 2.27. The minimum absolute atomic E-state index is 0.198. The van der Waals surface area contributed by atoms with Crippen LogP contribution >= 0.6 is 0 Å². The van der Waals surface area contributed by atoms with Crippen LogP contribution in [0.4, 0.5) is 0 Å². The highest BCUT2D eigenvalue weighted by Gasteiger charge is 2.22. The molecule has 0 saturated carbocycles. The van der Waals surface area contributed by atoms with E-state index in [1.165, 1.54) is 5.69 Å². The molecule has 1 aliphatic heterocycles. The molecule has 2 aromatic rings. The first kappa shape index (κ1) is 11.4. The van der Waals surface area contributed by atoms with Gasteiger partial charge in [-0.3, -0.25) is 0 Å². The predicted molar refractivity (Wildman–Crippen MR) is 70.0 cm³/mol. The number of hydrogen-bond acceptors (Lipinski definition) is 3. The molecule has 0 amide bonds. The van der Waals surface area contributed by atoms with Gasteiger partial charge in [0.2, 0.25) is 0 Å². The van der Waals surface area contributed by atoms with Crippen LogP contribution in [0.15, 0.2) is 36.8 Å². The van der Waals surface area contributed by atoms with E-state index in [9.17, 15) is 0 Å². The van der Waals surface area contributed by atoms with E-state index in [1.54, 1.807) is 0 Å².